The molecule has 3 nitrogen and oxygen atoms in total. The Morgan fingerprint density at radius 3 is 2.88 bits per heavy atom. The lowest BCUT2D eigenvalue weighted by atomic mass is 10.1. The third-order valence-electron chi connectivity index (χ3n) is 2.45. The highest BCUT2D eigenvalue weighted by atomic mass is 35.5. The van der Waals surface area contributed by atoms with E-state index < -0.39 is 5.82 Å². The van der Waals surface area contributed by atoms with E-state index in [9.17, 15) is 9.18 Å². The first-order valence-electron chi connectivity index (χ1n) is 5.49. The number of hydrogen-bond donors (Lipinski definition) is 2. The molecule has 0 aromatic heterocycles. The van der Waals surface area contributed by atoms with E-state index in [0.717, 1.165) is 12.0 Å². The summed E-state index contributed by atoms with van der Waals surface area (Å²) in [4.78, 5) is 11.4. The highest BCUT2D eigenvalue weighted by molar-refractivity contribution is 6.30. The molecule has 3 N–H and O–H groups in total. The number of carbonyl (C=O) groups excluding carboxylic acids is 1. The summed E-state index contributed by atoms with van der Waals surface area (Å²) >= 11 is 5.63. The number of rotatable bonds is 5. The van der Waals surface area contributed by atoms with Gasteiger partial charge in [-0.05, 0) is 24.1 Å². The van der Waals surface area contributed by atoms with Gasteiger partial charge >= 0.3 is 0 Å². The van der Waals surface area contributed by atoms with Gasteiger partial charge in [-0.2, -0.15) is 0 Å². The first-order valence-corrected chi connectivity index (χ1v) is 5.87. The van der Waals surface area contributed by atoms with Crippen LogP contribution in [-0.2, 0) is 11.3 Å². The molecule has 0 spiro atoms. The van der Waals surface area contributed by atoms with E-state index in [1.165, 1.54) is 12.1 Å². The molecule has 0 saturated carbocycles. The molecule has 94 valence electrons. The Morgan fingerprint density at radius 2 is 2.29 bits per heavy atom. The molecule has 1 amide bonds. The quantitative estimate of drug-likeness (QED) is 0.851. The zero-order valence-electron chi connectivity index (χ0n) is 9.67. The van der Waals surface area contributed by atoms with Crippen molar-refractivity contribution in [3.8, 4) is 0 Å². The van der Waals surface area contributed by atoms with Crippen LogP contribution in [0.5, 0.6) is 0 Å². The number of hydrogen-bond acceptors (Lipinski definition) is 2. The minimum Gasteiger partial charge on any atom is -0.352 e. The predicted octanol–water partition coefficient (Wildman–Crippen LogP) is 2.22. The standard InChI is InChI=1S/C12H16ClFN2O/c1-2-9(15)6-12(17)16-7-8-3-4-11(14)10(13)5-8/h3-5,9H,2,6-7,15H2,1H3,(H,16,17). The lowest BCUT2D eigenvalue weighted by Crippen LogP contribution is -2.30. The second-order valence-corrected chi connectivity index (χ2v) is 4.30. The van der Waals surface area contributed by atoms with Gasteiger partial charge in [0.05, 0.1) is 5.02 Å². The van der Waals surface area contributed by atoms with Crippen molar-refractivity contribution in [3.05, 3.63) is 34.6 Å². The molecule has 0 bridgehead atoms. The molecule has 0 saturated heterocycles. The van der Waals surface area contributed by atoms with Crippen LogP contribution in [0.3, 0.4) is 0 Å². The number of carbonyl (C=O) groups is 1. The number of nitrogens with two attached hydrogens (primary N) is 1. The highest BCUT2D eigenvalue weighted by Gasteiger charge is 2.07. The van der Waals surface area contributed by atoms with Gasteiger partial charge in [0.2, 0.25) is 5.91 Å². The molecule has 0 radical (unpaired) electrons. The fourth-order valence-corrected chi connectivity index (χ4v) is 1.51. The molecule has 1 atom stereocenters. The van der Waals surface area contributed by atoms with Crippen LogP contribution in [0.1, 0.15) is 25.3 Å². The Labute approximate surface area is 105 Å². The van der Waals surface area contributed by atoms with E-state index in [-0.39, 0.29) is 17.0 Å². The van der Waals surface area contributed by atoms with Crippen molar-refractivity contribution in [2.45, 2.75) is 32.4 Å². The highest BCUT2D eigenvalue weighted by Crippen LogP contribution is 2.15. The maximum Gasteiger partial charge on any atom is 0.221 e. The van der Waals surface area contributed by atoms with E-state index >= 15 is 0 Å². The average molecular weight is 259 g/mol. The van der Waals surface area contributed by atoms with Gasteiger partial charge in [-0.3, -0.25) is 4.79 Å². The Hall–Kier alpha value is -1.13. The van der Waals surface area contributed by atoms with Crippen molar-refractivity contribution in [1.82, 2.24) is 5.32 Å². The van der Waals surface area contributed by atoms with Gasteiger partial charge in [0.1, 0.15) is 5.82 Å². The van der Waals surface area contributed by atoms with Crippen molar-refractivity contribution in [1.29, 1.82) is 0 Å². The topological polar surface area (TPSA) is 55.1 Å². The van der Waals surface area contributed by atoms with Gasteiger partial charge in [0.15, 0.2) is 0 Å². The summed E-state index contributed by atoms with van der Waals surface area (Å²) in [7, 11) is 0. The van der Waals surface area contributed by atoms with Crippen LogP contribution in [0.2, 0.25) is 5.02 Å². The summed E-state index contributed by atoms with van der Waals surface area (Å²) < 4.78 is 12.9. The molecule has 0 aliphatic carbocycles. The second-order valence-electron chi connectivity index (χ2n) is 3.90. The molecule has 1 rings (SSSR count). The van der Waals surface area contributed by atoms with Gasteiger partial charge in [-0.15, -0.1) is 0 Å². The van der Waals surface area contributed by atoms with Gasteiger partial charge in [-0.1, -0.05) is 24.6 Å². The van der Waals surface area contributed by atoms with Crippen molar-refractivity contribution < 1.29 is 9.18 Å². The smallest absolute Gasteiger partial charge is 0.221 e. The second kappa shape index (κ2) is 6.57. The normalized spacial score (nSPS) is 12.2. The van der Waals surface area contributed by atoms with E-state index in [2.05, 4.69) is 5.32 Å². The summed E-state index contributed by atoms with van der Waals surface area (Å²) in [5, 5.41) is 2.77. The minimum atomic E-state index is -0.463. The maximum absolute atomic E-state index is 12.9. The Balaban J connectivity index is 2.45. The number of halogens is 2. The number of nitrogens with one attached hydrogen (secondary N) is 1. The van der Waals surface area contributed by atoms with Gasteiger partial charge in [0, 0.05) is 19.0 Å². The Morgan fingerprint density at radius 1 is 1.59 bits per heavy atom. The lowest BCUT2D eigenvalue weighted by molar-refractivity contribution is -0.121. The summed E-state index contributed by atoms with van der Waals surface area (Å²) in [6.45, 7) is 2.26. The lowest BCUT2D eigenvalue weighted by Gasteiger charge is -2.09. The first-order chi connectivity index (χ1) is 8.02. The van der Waals surface area contributed by atoms with Crippen LogP contribution in [0.15, 0.2) is 18.2 Å². The molecule has 1 aromatic rings. The predicted molar refractivity (Wildman–Crippen MR) is 66.1 cm³/mol. The molecule has 17 heavy (non-hydrogen) atoms. The summed E-state index contributed by atoms with van der Waals surface area (Å²) in [5.74, 6) is -0.574. The zero-order valence-corrected chi connectivity index (χ0v) is 10.4. The molecule has 0 aliphatic rings. The van der Waals surface area contributed by atoms with Crippen LogP contribution in [0, 0.1) is 5.82 Å². The number of amides is 1. The molecular weight excluding hydrogens is 243 g/mol. The average Bonchev–Trinajstić information content (AvgIpc) is 2.30. The van der Waals surface area contributed by atoms with E-state index in [4.69, 9.17) is 17.3 Å². The third kappa shape index (κ3) is 4.71. The summed E-state index contributed by atoms with van der Waals surface area (Å²) in [6, 6.07) is 4.24. The van der Waals surface area contributed by atoms with Crippen LogP contribution in [0.25, 0.3) is 0 Å². The van der Waals surface area contributed by atoms with Crippen molar-refractivity contribution in [2.75, 3.05) is 0 Å². The summed E-state index contributed by atoms with van der Waals surface area (Å²) in [6.07, 6.45) is 1.06. The zero-order chi connectivity index (χ0) is 12.8. The van der Waals surface area contributed by atoms with Crippen LogP contribution in [-0.4, -0.2) is 11.9 Å². The van der Waals surface area contributed by atoms with Gasteiger partial charge in [-0.25, -0.2) is 4.39 Å². The molecule has 0 aliphatic heterocycles. The fourth-order valence-electron chi connectivity index (χ4n) is 1.30. The third-order valence-corrected chi connectivity index (χ3v) is 2.74. The minimum absolute atomic E-state index is 0.0574. The van der Waals surface area contributed by atoms with E-state index in [1.54, 1.807) is 6.07 Å². The molecular formula is C12H16ClFN2O. The largest absolute Gasteiger partial charge is 0.352 e. The monoisotopic (exact) mass is 258 g/mol. The Bertz CT molecular complexity index is 398. The molecule has 1 aromatic carbocycles. The van der Waals surface area contributed by atoms with Crippen molar-refractivity contribution in [3.63, 3.8) is 0 Å². The summed E-state index contributed by atoms with van der Waals surface area (Å²) in [5.41, 5.74) is 6.41. The van der Waals surface area contributed by atoms with Gasteiger partial charge < -0.3 is 11.1 Å². The fraction of sp³-hybridized carbons (Fsp3) is 0.417. The SMILES string of the molecule is CCC(N)CC(=O)NCc1ccc(F)c(Cl)c1. The van der Waals surface area contributed by atoms with Crippen molar-refractivity contribution >= 4 is 17.5 Å². The van der Waals surface area contributed by atoms with Crippen molar-refractivity contribution in [2.24, 2.45) is 5.73 Å². The first kappa shape index (κ1) is 13.9. The molecule has 5 heteroatoms. The van der Waals surface area contributed by atoms with Crippen LogP contribution < -0.4 is 11.1 Å². The van der Waals surface area contributed by atoms with Gasteiger partial charge in [0.25, 0.3) is 0 Å². The van der Waals surface area contributed by atoms with Crippen LogP contribution >= 0.6 is 11.6 Å². The van der Waals surface area contributed by atoms with Crippen LogP contribution in [0.4, 0.5) is 4.39 Å². The maximum atomic E-state index is 12.9. The molecule has 0 fully saturated rings. The van der Waals surface area contributed by atoms with E-state index in [1.807, 2.05) is 6.92 Å². The molecule has 1 unspecified atom stereocenters. The molecule has 0 heterocycles. The van der Waals surface area contributed by atoms with E-state index in [0.29, 0.717) is 13.0 Å². The number of benzene rings is 1. The Kier molecular flexibility index (Phi) is 5.38.